The van der Waals surface area contributed by atoms with E-state index < -0.39 is 8.07 Å². The molecule has 2 heteroatoms. The van der Waals surface area contributed by atoms with Gasteiger partial charge in [-0.1, -0.05) is 0 Å². The number of allylic oxidation sites excluding steroid dienone is 4. The predicted octanol–water partition coefficient (Wildman–Crippen LogP) is 3.49. The van der Waals surface area contributed by atoms with Crippen LogP contribution in [0.25, 0.3) is 0 Å². The summed E-state index contributed by atoms with van der Waals surface area (Å²) in [6.45, 7) is 7.35. The van der Waals surface area contributed by atoms with Crippen molar-refractivity contribution in [2.24, 2.45) is 0 Å². The molecule has 0 bridgehead atoms. The Labute approximate surface area is 107 Å². The SMILES string of the molecule is C[Si](C)(C)C1=[C]([V][c]2ccccc2)CC=C1. The normalized spacial score (nSPS) is 15.7. The molecule has 0 unspecified atom stereocenters. The molecule has 0 amide bonds. The van der Waals surface area contributed by atoms with E-state index in [-0.39, 0.29) is 16.3 Å². The van der Waals surface area contributed by atoms with E-state index in [0.717, 1.165) is 0 Å². The maximum atomic E-state index is 2.45. The van der Waals surface area contributed by atoms with E-state index >= 15 is 0 Å². The van der Waals surface area contributed by atoms with Crippen LogP contribution in [0.1, 0.15) is 6.42 Å². The summed E-state index contributed by atoms with van der Waals surface area (Å²) in [7, 11) is -1.12. The van der Waals surface area contributed by atoms with Crippen LogP contribution in [0, 0.1) is 0 Å². The molecule has 0 heterocycles. The van der Waals surface area contributed by atoms with Crippen molar-refractivity contribution in [3.63, 3.8) is 0 Å². The first-order valence-corrected chi connectivity index (χ1v) is 10.6. The second-order valence-corrected chi connectivity index (χ2v) is 12.2. The van der Waals surface area contributed by atoms with Crippen LogP contribution in [0.5, 0.6) is 0 Å². The van der Waals surface area contributed by atoms with Crippen molar-refractivity contribution in [2.75, 3.05) is 0 Å². The third-order valence-corrected chi connectivity index (χ3v) is 7.11. The average molecular weight is 265 g/mol. The van der Waals surface area contributed by atoms with Crippen LogP contribution in [0.3, 0.4) is 0 Å². The molecule has 16 heavy (non-hydrogen) atoms. The summed E-state index contributed by atoms with van der Waals surface area (Å²) in [4.78, 5) is 0. The summed E-state index contributed by atoms with van der Waals surface area (Å²) in [5.74, 6) is 0. The molecule has 0 aromatic heterocycles. The van der Waals surface area contributed by atoms with Gasteiger partial charge in [-0.05, 0) is 0 Å². The second kappa shape index (κ2) is 4.79. The Morgan fingerprint density at radius 3 is 2.38 bits per heavy atom. The third-order valence-electron chi connectivity index (χ3n) is 2.73. The second-order valence-electron chi connectivity index (χ2n) is 5.16. The summed E-state index contributed by atoms with van der Waals surface area (Å²) in [5.41, 5.74) is 0. The molecule has 0 spiro atoms. The molecular weight excluding hydrogens is 247 g/mol. The number of hydrogen-bond acceptors (Lipinski definition) is 0. The Bertz CT molecular complexity index is 424. The molecule has 0 saturated heterocycles. The molecule has 1 aliphatic rings. The first kappa shape index (κ1) is 12.0. The van der Waals surface area contributed by atoms with E-state index in [1.54, 1.807) is 9.48 Å². The quantitative estimate of drug-likeness (QED) is 0.734. The molecule has 83 valence electrons. The molecule has 1 aromatic carbocycles. The molecule has 1 aliphatic carbocycles. The van der Waals surface area contributed by atoms with E-state index in [0.29, 0.717) is 0 Å². The standard InChI is InChI=1S/C8H13Si.C6H5.V/c1-9(2,3)8-6-4-5-7-8;1-2-4-6-5-3-1;/h4,6H,5H2,1-3H3;1-5H;. The molecule has 0 atom stereocenters. The number of rotatable bonds is 3. The van der Waals surface area contributed by atoms with Crippen LogP contribution in [-0.4, -0.2) is 8.07 Å². The van der Waals surface area contributed by atoms with Crippen molar-refractivity contribution < 1.29 is 16.3 Å². The van der Waals surface area contributed by atoms with E-state index in [2.05, 4.69) is 62.1 Å². The predicted molar refractivity (Wildman–Crippen MR) is 70.2 cm³/mol. The minimum absolute atomic E-state index is 0.226. The van der Waals surface area contributed by atoms with E-state index in [9.17, 15) is 0 Å². The minimum atomic E-state index is -1.12. The Morgan fingerprint density at radius 1 is 1.06 bits per heavy atom. The van der Waals surface area contributed by atoms with Gasteiger partial charge in [-0.25, -0.2) is 0 Å². The summed E-state index contributed by atoms with van der Waals surface area (Å²) >= 11 is 0.226. The van der Waals surface area contributed by atoms with Gasteiger partial charge in [0.25, 0.3) is 0 Å². The molecule has 0 aliphatic heterocycles. The van der Waals surface area contributed by atoms with Crippen LogP contribution in [0.2, 0.25) is 19.6 Å². The van der Waals surface area contributed by atoms with Crippen molar-refractivity contribution in [3.05, 3.63) is 52.0 Å². The van der Waals surface area contributed by atoms with Crippen molar-refractivity contribution in [3.8, 4) is 0 Å². The zero-order chi connectivity index (χ0) is 11.6. The fourth-order valence-corrected chi connectivity index (χ4v) is 6.93. The van der Waals surface area contributed by atoms with Gasteiger partial charge in [-0.2, -0.15) is 0 Å². The molecular formula is C14H18SiV. The average Bonchev–Trinajstić information content (AvgIpc) is 2.67. The Hall–Kier alpha value is -0.499. The van der Waals surface area contributed by atoms with Gasteiger partial charge in [-0.15, -0.1) is 0 Å². The Balaban J connectivity index is 2.23. The monoisotopic (exact) mass is 265 g/mol. The summed E-state index contributed by atoms with van der Waals surface area (Å²) < 4.78 is 3.27. The van der Waals surface area contributed by atoms with Crippen molar-refractivity contribution >= 4 is 12.3 Å². The van der Waals surface area contributed by atoms with Gasteiger partial charge in [-0.3, -0.25) is 0 Å². The fraction of sp³-hybridized carbons (Fsp3) is 0.286. The van der Waals surface area contributed by atoms with Crippen LogP contribution >= 0.6 is 0 Å². The molecule has 0 radical (unpaired) electrons. The molecule has 0 saturated carbocycles. The van der Waals surface area contributed by atoms with Crippen LogP contribution in [0.4, 0.5) is 0 Å². The van der Waals surface area contributed by atoms with Gasteiger partial charge >= 0.3 is 107 Å². The zero-order valence-corrected chi connectivity index (χ0v) is 12.6. The van der Waals surface area contributed by atoms with Crippen LogP contribution in [-0.2, 0) is 16.3 Å². The Morgan fingerprint density at radius 2 is 1.75 bits per heavy atom. The molecule has 0 nitrogen and oxygen atoms in total. The van der Waals surface area contributed by atoms with Crippen molar-refractivity contribution in [2.45, 2.75) is 26.1 Å². The fourth-order valence-electron chi connectivity index (χ4n) is 1.94. The summed E-state index contributed by atoms with van der Waals surface area (Å²) in [5, 5.41) is 1.70. The summed E-state index contributed by atoms with van der Waals surface area (Å²) in [6.07, 6.45) is 5.94. The first-order valence-electron chi connectivity index (χ1n) is 5.74. The van der Waals surface area contributed by atoms with Gasteiger partial charge < -0.3 is 0 Å². The molecule has 1 aromatic rings. The van der Waals surface area contributed by atoms with Gasteiger partial charge in [0.1, 0.15) is 0 Å². The molecule has 0 fully saturated rings. The van der Waals surface area contributed by atoms with Gasteiger partial charge in [0.2, 0.25) is 0 Å². The van der Waals surface area contributed by atoms with Gasteiger partial charge in [0, 0.05) is 0 Å². The van der Waals surface area contributed by atoms with Gasteiger partial charge in [0.15, 0.2) is 0 Å². The third kappa shape index (κ3) is 2.79. The van der Waals surface area contributed by atoms with Crippen LogP contribution in [0.15, 0.2) is 52.0 Å². The molecule has 2 rings (SSSR count). The Kier molecular flexibility index (Phi) is 3.58. The topological polar surface area (TPSA) is 0 Å². The van der Waals surface area contributed by atoms with Crippen LogP contribution < -0.4 is 4.28 Å². The first-order chi connectivity index (χ1) is 7.57. The van der Waals surface area contributed by atoms with E-state index in [4.69, 9.17) is 0 Å². The number of benzene rings is 1. The summed E-state index contributed by atoms with van der Waals surface area (Å²) in [6, 6.07) is 11.0. The van der Waals surface area contributed by atoms with Gasteiger partial charge in [0.05, 0.1) is 0 Å². The van der Waals surface area contributed by atoms with Crippen molar-refractivity contribution in [1.82, 2.24) is 0 Å². The maximum absolute atomic E-state index is 2.45. The zero-order valence-electron chi connectivity index (χ0n) is 10.2. The molecule has 0 N–H and O–H groups in total. The van der Waals surface area contributed by atoms with E-state index in [1.165, 1.54) is 10.7 Å². The number of hydrogen-bond donors (Lipinski definition) is 0. The van der Waals surface area contributed by atoms with Crippen molar-refractivity contribution in [1.29, 1.82) is 0 Å². The van der Waals surface area contributed by atoms with E-state index in [1.807, 2.05) is 0 Å².